The fourth-order valence-corrected chi connectivity index (χ4v) is 3.68. The fourth-order valence-electron chi connectivity index (χ4n) is 2.00. The predicted octanol–water partition coefficient (Wildman–Crippen LogP) is 3.30. The van der Waals surface area contributed by atoms with E-state index in [9.17, 15) is 0 Å². The highest BCUT2D eigenvalue weighted by Crippen LogP contribution is 2.19. The van der Waals surface area contributed by atoms with Gasteiger partial charge in [0.15, 0.2) is 10.3 Å². The third-order valence-electron chi connectivity index (χ3n) is 3.21. The average Bonchev–Trinajstić information content (AvgIpc) is 3.09. The third-order valence-corrected chi connectivity index (χ3v) is 5.05. The van der Waals surface area contributed by atoms with Crippen molar-refractivity contribution in [3.63, 3.8) is 0 Å². The molecule has 0 bridgehead atoms. The minimum Gasteiger partial charge on any atom is -0.302 e. The Kier molecular flexibility index (Phi) is 7.33. The summed E-state index contributed by atoms with van der Waals surface area (Å²) in [7, 11) is 0. The Bertz CT molecular complexity index is 656. The monoisotopic (exact) mass is 362 g/mol. The standard InChI is InChI=1S/C16H22N6S2/c1-5-9-21-13(3)17-19-15(21)23-11-7-8-12-24-16-20-18-14(4)22(16)10-6-2/h5-8H,1-2,9-12H2,3-4H3. The molecule has 0 fully saturated rings. The summed E-state index contributed by atoms with van der Waals surface area (Å²) >= 11 is 3.34. The molecule has 0 aliphatic carbocycles. The van der Waals surface area contributed by atoms with Gasteiger partial charge >= 0.3 is 0 Å². The van der Waals surface area contributed by atoms with E-state index in [1.807, 2.05) is 26.0 Å². The minimum absolute atomic E-state index is 0.735. The molecular formula is C16H22N6S2. The lowest BCUT2D eigenvalue weighted by molar-refractivity contribution is 0.704. The van der Waals surface area contributed by atoms with E-state index in [1.165, 1.54) is 0 Å². The summed E-state index contributed by atoms with van der Waals surface area (Å²) in [4.78, 5) is 0. The molecule has 0 N–H and O–H groups in total. The second kappa shape index (κ2) is 9.48. The second-order valence-electron chi connectivity index (χ2n) is 4.95. The second-order valence-corrected chi connectivity index (χ2v) is 6.93. The van der Waals surface area contributed by atoms with E-state index in [-0.39, 0.29) is 0 Å². The Morgan fingerprint density at radius 1 is 0.792 bits per heavy atom. The third kappa shape index (κ3) is 4.85. The Hall–Kier alpha value is -1.80. The quantitative estimate of drug-likeness (QED) is 0.477. The molecule has 0 saturated heterocycles. The molecule has 8 heteroatoms. The van der Waals surface area contributed by atoms with Gasteiger partial charge in [-0.2, -0.15) is 0 Å². The normalized spacial score (nSPS) is 11.2. The van der Waals surface area contributed by atoms with E-state index in [0.717, 1.165) is 46.6 Å². The van der Waals surface area contributed by atoms with Crippen LogP contribution in [0.25, 0.3) is 0 Å². The molecule has 0 aromatic carbocycles. The van der Waals surface area contributed by atoms with Gasteiger partial charge in [-0.05, 0) is 13.8 Å². The number of hydrogen-bond acceptors (Lipinski definition) is 6. The highest BCUT2D eigenvalue weighted by atomic mass is 32.2. The van der Waals surface area contributed by atoms with Crippen molar-refractivity contribution in [2.45, 2.75) is 37.2 Å². The van der Waals surface area contributed by atoms with Gasteiger partial charge < -0.3 is 9.13 Å². The zero-order valence-electron chi connectivity index (χ0n) is 14.1. The molecule has 2 aromatic rings. The molecule has 0 amide bonds. The lowest BCUT2D eigenvalue weighted by Gasteiger charge is -2.04. The molecule has 0 atom stereocenters. The smallest absolute Gasteiger partial charge is 0.191 e. The summed E-state index contributed by atoms with van der Waals surface area (Å²) in [5.41, 5.74) is 0. The molecule has 2 aromatic heterocycles. The fraction of sp³-hybridized carbons (Fsp3) is 0.375. The Labute approximate surface area is 151 Å². The molecular weight excluding hydrogens is 340 g/mol. The van der Waals surface area contributed by atoms with Crippen molar-refractivity contribution in [3.05, 3.63) is 49.1 Å². The van der Waals surface area contributed by atoms with E-state index in [1.54, 1.807) is 23.5 Å². The first-order chi connectivity index (χ1) is 11.7. The molecule has 0 aliphatic rings. The number of allylic oxidation sites excluding steroid dienone is 2. The van der Waals surface area contributed by atoms with Crippen LogP contribution in [-0.4, -0.2) is 41.0 Å². The van der Waals surface area contributed by atoms with Crippen LogP contribution in [0, 0.1) is 13.8 Å². The van der Waals surface area contributed by atoms with Crippen LogP contribution in [0.2, 0.25) is 0 Å². The zero-order chi connectivity index (χ0) is 17.4. The molecule has 2 heterocycles. The first-order valence-electron chi connectivity index (χ1n) is 7.59. The van der Waals surface area contributed by atoms with Crippen molar-refractivity contribution < 1.29 is 0 Å². The molecule has 0 spiro atoms. The molecule has 0 unspecified atom stereocenters. The van der Waals surface area contributed by atoms with Gasteiger partial charge in [-0.25, -0.2) is 0 Å². The van der Waals surface area contributed by atoms with Gasteiger partial charge in [-0.15, -0.1) is 33.6 Å². The van der Waals surface area contributed by atoms with Gasteiger partial charge in [0, 0.05) is 24.6 Å². The van der Waals surface area contributed by atoms with Gasteiger partial charge in [0.1, 0.15) is 11.6 Å². The molecule has 24 heavy (non-hydrogen) atoms. The SMILES string of the molecule is C=CCn1c(C)nnc1SCC=CCSc1nnc(C)n1CC=C. The Morgan fingerprint density at radius 3 is 1.58 bits per heavy atom. The van der Waals surface area contributed by atoms with Crippen LogP contribution in [0.1, 0.15) is 11.6 Å². The number of hydrogen-bond donors (Lipinski definition) is 0. The average molecular weight is 363 g/mol. The lowest BCUT2D eigenvalue weighted by Crippen LogP contribution is -2.00. The topological polar surface area (TPSA) is 61.4 Å². The van der Waals surface area contributed by atoms with Crippen molar-refractivity contribution in [1.82, 2.24) is 29.5 Å². The number of rotatable bonds is 10. The summed E-state index contributed by atoms with van der Waals surface area (Å²) in [6.45, 7) is 12.9. The van der Waals surface area contributed by atoms with Gasteiger partial charge in [-0.1, -0.05) is 47.8 Å². The van der Waals surface area contributed by atoms with Crippen molar-refractivity contribution in [2.75, 3.05) is 11.5 Å². The van der Waals surface area contributed by atoms with Crippen molar-refractivity contribution >= 4 is 23.5 Å². The number of nitrogens with zero attached hydrogens (tertiary/aromatic N) is 6. The Balaban J connectivity index is 1.80. The first kappa shape index (κ1) is 18.5. The largest absolute Gasteiger partial charge is 0.302 e. The summed E-state index contributed by atoms with van der Waals surface area (Å²) < 4.78 is 4.11. The van der Waals surface area contributed by atoms with Crippen LogP contribution in [0.5, 0.6) is 0 Å². The van der Waals surface area contributed by atoms with Crippen LogP contribution < -0.4 is 0 Å². The maximum Gasteiger partial charge on any atom is 0.191 e. The number of aryl methyl sites for hydroxylation is 2. The van der Waals surface area contributed by atoms with Crippen molar-refractivity contribution in [1.29, 1.82) is 0 Å². The van der Waals surface area contributed by atoms with Gasteiger partial charge in [0.2, 0.25) is 0 Å². The summed E-state index contributed by atoms with van der Waals surface area (Å²) in [6.07, 6.45) is 7.99. The van der Waals surface area contributed by atoms with Crippen molar-refractivity contribution in [2.24, 2.45) is 0 Å². The first-order valence-corrected chi connectivity index (χ1v) is 9.56. The molecule has 0 radical (unpaired) electrons. The molecule has 6 nitrogen and oxygen atoms in total. The minimum atomic E-state index is 0.735. The van der Waals surface area contributed by atoms with Crippen molar-refractivity contribution in [3.8, 4) is 0 Å². The van der Waals surface area contributed by atoms with Crippen LogP contribution in [-0.2, 0) is 13.1 Å². The summed E-state index contributed by atoms with van der Waals surface area (Å²) in [5, 5.41) is 18.4. The highest BCUT2D eigenvalue weighted by Gasteiger charge is 2.08. The molecule has 128 valence electrons. The Morgan fingerprint density at radius 2 is 1.21 bits per heavy atom. The molecule has 0 saturated carbocycles. The number of thioether (sulfide) groups is 2. The highest BCUT2D eigenvalue weighted by molar-refractivity contribution is 7.99. The summed E-state index contributed by atoms with van der Waals surface area (Å²) in [5.74, 6) is 3.53. The number of aromatic nitrogens is 6. The van der Waals surface area contributed by atoms with Crippen LogP contribution in [0.15, 0.2) is 47.8 Å². The van der Waals surface area contributed by atoms with E-state index >= 15 is 0 Å². The molecule has 2 rings (SSSR count). The predicted molar refractivity (Wildman–Crippen MR) is 101 cm³/mol. The maximum absolute atomic E-state index is 4.19. The van der Waals surface area contributed by atoms with E-state index < -0.39 is 0 Å². The van der Waals surface area contributed by atoms with Gasteiger partial charge in [0.05, 0.1) is 0 Å². The lowest BCUT2D eigenvalue weighted by atomic mass is 10.6. The van der Waals surface area contributed by atoms with Crippen LogP contribution >= 0.6 is 23.5 Å². The zero-order valence-corrected chi connectivity index (χ0v) is 15.7. The summed E-state index contributed by atoms with van der Waals surface area (Å²) in [6, 6.07) is 0. The van der Waals surface area contributed by atoms with E-state index in [2.05, 4.69) is 54.8 Å². The maximum atomic E-state index is 4.19. The van der Waals surface area contributed by atoms with E-state index in [4.69, 9.17) is 0 Å². The molecule has 0 aliphatic heterocycles. The van der Waals surface area contributed by atoms with Gasteiger partial charge in [-0.3, -0.25) is 0 Å². The van der Waals surface area contributed by atoms with Crippen LogP contribution in [0.4, 0.5) is 0 Å². The van der Waals surface area contributed by atoms with E-state index in [0.29, 0.717) is 0 Å². The van der Waals surface area contributed by atoms with Gasteiger partial charge in [0.25, 0.3) is 0 Å². The van der Waals surface area contributed by atoms with Crippen LogP contribution in [0.3, 0.4) is 0 Å².